The third-order valence-electron chi connectivity index (χ3n) is 3.64. The first-order chi connectivity index (χ1) is 12.2. The highest BCUT2D eigenvalue weighted by atomic mass is 32.2. The van der Waals surface area contributed by atoms with Crippen molar-refractivity contribution in [3.05, 3.63) is 65.2 Å². The zero-order chi connectivity index (χ0) is 19.3. The van der Waals surface area contributed by atoms with Crippen molar-refractivity contribution in [1.82, 2.24) is 4.31 Å². The minimum atomic E-state index is -3.79. The van der Waals surface area contributed by atoms with E-state index in [-0.39, 0.29) is 10.7 Å². The fourth-order valence-corrected chi connectivity index (χ4v) is 3.26. The summed E-state index contributed by atoms with van der Waals surface area (Å²) in [5.41, 5.74) is 8.30. The van der Waals surface area contributed by atoms with Crippen molar-refractivity contribution >= 4 is 21.8 Å². The first kappa shape index (κ1) is 19.6. The Morgan fingerprint density at radius 2 is 1.77 bits per heavy atom. The van der Waals surface area contributed by atoms with Crippen LogP contribution >= 0.6 is 0 Å². The van der Waals surface area contributed by atoms with E-state index < -0.39 is 22.5 Å². The molecule has 0 fully saturated rings. The van der Waals surface area contributed by atoms with Gasteiger partial charge < -0.3 is 10.6 Å². The molecule has 2 aromatic carbocycles. The highest BCUT2D eigenvalue weighted by Crippen LogP contribution is 2.15. The molecule has 2 aromatic rings. The van der Waals surface area contributed by atoms with Crippen LogP contribution in [0.3, 0.4) is 0 Å². The summed E-state index contributed by atoms with van der Waals surface area (Å²) in [7, 11) is -2.50. The maximum atomic E-state index is 12.4. The van der Waals surface area contributed by atoms with Gasteiger partial charge in [-0.2, -0.15) is 4.31 Å². The Labute approximate surface area is 153 Å². The summed E-state index contributed by atoms with van der Waals surface area (Å²) in [6.45, 7) is 3.27. The van der Waals surface area contributed by atoms with E-state index in [2.05, 4.69) is 5.16 Å². The first-order valence-corrected chi connectivity index (χ1v) is 9.27. The molecule has 0 aliphatic heterocycles. The number of carbonyl (C=O) groups is 1. The standard InChI is InChI=1S/C18H21N3O4S/c1-13-7-9-16(10-8-13)26(23,24)21(3)12-17(22)25-20-18(19)15-6-4-5-14(2)11-15/h4-11H,12H2,1-3H3,(H2,19,20). The number of aryl methyl sites for hydroxylation is 2. The minimum absolute atomic E-state index is 0.0334. The highest BCUT2D eigenvalue weighted by Gasteiger charge is 2.23. The molecule has 0 heterocycles. The van der Waals surface area contributed by atoms with E-state index in [9.17, 15) is 13.2 Å². The lowest BCUT2D eigenvalue weighted by Gasteiger charge is -2.15. The van der Waals surface area contributed by atoms with E-state index in [1.165, 1.54) is 19.2 Å². The fraction of sp³-hybridized carbons (Fsp3) is 0.222. The Balaban J connectivity index is 2.02. The molecular formula is C18H21N3O4S. The molecule has 8 heteroatoms. The average Bonchev–Trinajstić information content (AvgIpc) is 2.60. The van der Waals surface area contributed by atoms with Gasteiger partial charge in [0.2, 0.25) is 10.0 Å². The van der Waals surface area contributed by atoms with Crippen LogP contribution in [0.25, 0.3) is 0 Å². The van der Waals surface area contributed by atoms with E-state index in [0.29, 0.717) is 5.56 Å². The van der Waals surface area contributed by atoms with Crippen LogP contribution in [-0.4, -0.2) is 38.1 Å². The number of hydrogen-bond acceptors (Lipinski definition) is 5. The van der Waals surface area contributed by atoms with Crippen molar-refractivity contribution in [2.24, 2.45) is 10.9 Å². The lowest BCUT2D eigenvalue weighted by atomic mass is 10.1. The zero-order valence-electron chi connectivity index (χ0n) is 14.8. The van der Waals surface area contributed by atoms with Crippen molar-refractivity contribution in [1.29, 1.82) is 0 Å². The Bertz CT molecular complexity index is 922. The predicted molar refractivity (Wildman–Crippen MR) is 99.0 cm³/mol. The molecule has 138 valence electrons. The number of likely N-dealkylation sites (N-methyl/N-ethyl adjacent to an activating group) is 1. The maximum absolute atomic E-state index is 12.4. The minimum Gasteiger partial charge on any atom is -0.380 e. The Kier molecular flexibility index (Phi) is 6.12. The summed E-state index contributed by atoms with van der Waals surface area (Å²) in [6, 6.07) is 13.6. The highest BCUT2D eigenvalue weighted by molar-refractivity contribution is 7.89. The molecule has 0 saturated carbocycles. The summed E-state index contributed by atoms with van der Waals surface area (Å²) >= 11 is 0. The molecule has 26 heavy (non-hydrogen) atoms. The van der Waals surface area contributed by atoms with Gasteiger partial charge in [-0.1, -0.05) is 46.6 Å². The molecule has 0 unspecified atom stereocenters. The van der Waals surface area contributed by atoms with Gasteiger partial charge in [-0.05, 0) is 32.0 Å². The fourth-order valence-electron chi connectivity index (χ4n) is 2.14. The van der Waals surface area contributed by atoms with E-state index in [1.807, 2.05) is 19.9 Å². The Morgan fingerprint density at radius 1 is 1.12 bits per heavy atom. The Hall–Kier alpha value is -2.71. The third-order valence-corrected chi connectivity index (χ3v) is 5.46. The maximum Gasteiger partial charge on any atom is 0.350 e. The summed E-state index contributed by atoms with van der Waals surface area (Å²) in [6.07, 6.45) is 0. The van der Waals surface area contributed by atoms with Crippen molar-refractivity contribution in [3.63, 3.8) is 0 Å². The van der Waals surface area contributed by atoms with Crippen LogP contribution in [0.4, 0.5) is 0 Å². The molecule has 0 atom stereocenters. The van der Waals surface area contributed by atoms with Crippen LogP contribution < -0.4 is 5.73 Å². The molecule has 0 spiro atoms. The van der Waals surface area contributed by atoms with Crippen molar-refractivity contribution in [3.8, 4) is 0 Å². The van der Waals surface area contributed by atoms with E-state index in [4.69, 9.17) is 10.6 Å². The van der Waals surface area contributed by atoms with E-state index in [1.54, 1.807) is 30.3 Å². The second-order valence-corrected chi connectivity index (χ2v) is 7.93. The summed E-state index contributed by atoms with van der Waals surface area (Å²) < 4.78 is 25.8. The van der Waals surface area contributed by atoms with E-state index in [0.717, 1.165) is 15.4 Å². The van der Waals surface area contributed by atoms with Crippen LogP contribution in [0, 0.1) is 13.8 Å². The predicted octanol–water partition coefficient (Wildman–Crippen LogP) is 1.79. The number of rotatable bonds is 6. The molecule has 0 bridgehead atoms. The first-order valence-electron chi connectivity index (χ1n) is 7.83. The number of sulfonamides is 1. The lowest BCUT2D eigenvalue weighted by Crippen LogP contribution is -2.32. The summed E-state index contributed by atoms with van der Waals surface area (Å²) in [4.78, 5) is 16.7. The monoisotopic (exact) mass is 375 g/mol. The number of nitrogens with two attached hydrogens (primary N) is 1. The van der Waals surface area contributed by atoms with Crippen molar-refractivity contribution in [2.45, 2.75) is 18.7 Å². The lowest BCUT2D eigenvalue weighted by molar-refractivity contribution is -0.143. The molecule has 0 aliphatic rings. The van der Waals surface area contributed by atoms with Gasteiger partial charge in [-0.25, -0.2) is 13.2 Å². The molecule has 0 amide bonds. The van der Waals surface area contributed by atoms with Gasteiger partial charge in [0.1, 0.15) is 6.54 Å². The topological polar surface area (TPSA) is 102 Å². The second-order valence-electron chi connectivity index (χ2n) is 5.88. The van der Waals surface area contributed by atoms with Gasteiger partial charge in [0.25, 0.3) is 0 Å². The van der Waals surface area contributed by atoms with Crippen LogP contribution in [0.5, 0.6) is 0 Å². The number of nitrogens with zero attached hydrogens (tertiary/aromatic N) is 2. The van der Waals surface area contributed by atoms with Crippen LogP contribution in [0.2, 0.25) is 0 Å². The smallest absolute Gasteiger partial charge is 0.350 e. The summed E-state index contributed by atoms with van der Waals surface area (Å²) in [5, 5.41) is 3.58. The molecule has 2 N–H and O–H groups in total. The van der Waals surface area contributed by atoms with Crippen LogP contribution in [0.15, 0.2) is 58.6 Å². The van der Waals surface area contributed by atoms with Gasteiger partial charge in [0.15, 0.2) is 5.84 Å². The number of oxime groups is 1. The van der Waals surface area contributed by atoms with Gasteiger partial charge in [0, 0.05) is 12.6 Å². The quantitative estimate of drug-likeness (QED) is 0.359. The van der Waals surface area contributed by atoms with Crippen molar-refractivity contribution in [2.75, 3.05) is 13.6 Å². The number of amidine groups is 1. The number of carbonyl (C=O) groups excluding carboxylic acids is 1. The van der Waals surface area contributed by atoms with Crippen LogP contribution in [-0.2, 0) is 19.7 Å². The molecule has 0 aliphatic carbocycles. The summed E-state index contributed by atoms with van der Waals surface area (Å²) in [5.74, 6) is -0.801. The van der Waals surface area contributed by atoms with Gasteiger partial charge >= 0.3 is 5.97 Å². The largest absolute Gasteiger partial charge is 0.380 e. The zero-order valence-corrected chi connectivity index (χ0v) is 15.7. The molecule has 2 rings (SSSR count). The number of hydrogen-bond donors (Lipinski definition) is 1. The van der Waals surface area contributed by atoms with Crippen molar-refractivity contribution < 1.29 is 18.0 Å². The molecule has 7 nitrogen and oxygen atoms in total. The average molecular weight is 375 g/mol. The molecule has 0 radical (unpaired) electrons. The normalized spacial score (nSPS) is 12.2. The molecule has 0 saturated heterocycles. The SMILES string of the molecule is Cc1ccc(S(=O)(=O)N(C)CC(=O)O/N=C(/N)c2cccc(C)c2)cc1. The van der Waals surface area contributed by atoms with Gasteiger partial charge in [-0.3, -0.25) is 0 Å². The molecular weight excluding hydrogens is 354 g/mol. The second kappa shape index (κ2) is 8.11. The van der Waals surface area contributed by atoms with E-state index >= 15 is 0 Å². The number of benzene rings is 2. The van der Waals surface area contributed by atoms with Gasteiger partial charge in [-0.15, -0.1) is 0 Å². The van der Waals surface area contributed by atoms with Crippen LogP contribution in [0.1, 0.15) is 16.7 Å². The third kappa shape index (κ3) is 4.90. The molecule has 0 aromatic heterocycles. The van der Waals surface area contributed by atoms with Gasteiger partial charge in [0.05, 0.1) is 4.90 Å². The Morgan fingerprint density at radius 3 is 2.38 bits per heavy atom.